The molecule has 1 saturated heterocycles. The molecule has 1 aromatic carbocycles. The van der Waals surface area contributed by atoms with Crippen LogP contribution < -0.4 is 11.1 Å². The van der Waals surface area contributed by atoms with E-state index in [4.69, 9.17) is 10.5 Å². The fourth-order valence-electron chi connectivity index (χ4n) is 2.27. The Morgan fingerprint density at radius 1 is 1.37 bits per heavy atom. The Hall–Kier alpha value is -1.75. The summed E-state index contributed by atoms with van der Waals surface area (Å²) in [5.74, 6) is 0.100. The predicted octanol–water partition coefficient (Wildman–Crippen LogP) is 1.24. The van der Waals surface area contributed by atoms with Gasteiger partial charge < -0.3 is 20.7 Å². The molecule has 5 nitrogen and oxygen atoms in total. The van der Waals surface area contributed by atoms with Crippen molar-refractivity contribution in [1.29, 1.82) is 0 Å². The molecule has 1 atom stereocenters. The van der Waals surface area contributed by atoms with Crippen LogP contribution in [0.25, 0.3) is 0 Å². The first kappa shape index (κ1) is 13.7. The minimum atomic E-state index is -0.265. The van der Waals surface area contributed by atoms with Crippen LogP contribution in [0.4, 0.5) is 11.4 Å². The highest BCUT2D eigenvalue weighted by molar-refractivity contribution is 5.84. The van der Waals surface area contributed by atoms with E-state index in [0.717, 1.165) is 11.3 Å². The summed E-state index contributed by atoms with van der Waals surface area (Å²) in [7, 11) is 0. The molecule has 1 amide bonds. The number of hydrogen-bond donors (Lipinski definition) is 2. The minimum absolute atomic E-state index is 0.100. The highest BCUT2D eigenvalue weighted by atomic mass is 16.5. The lowest BCUT2D eigenvalue weighted by molar-refractivity contribution is -0.135. The van der Waals surface area contributed by atoms with E-state index in [2.05, 4.69) is 5.32 Å². The molecule has 2 rings (SSSR count). The number of amides is 1. The number of nitrogens with zero attached hydrogens (tertiary/aromatic N) is 1. The Balaban J connectivity index is 1.99. The fourth-order valence-corrected chi connectivity index (χ4v) is 2.27. The lowest BCUT2D eigenvalue weighted by Crippen LogP contribution is -2.47. The maximum absolute atomic E-state index is 12.2. The summed E-state index contributed by atoms with van der Waals surface area (Å²) in [6, 6.07) is 5.47. The molecule has 1 aliphatic heterocycles. The molecule has 5 heteroatoms. The van der Waals surface area contributed by atoms with Crippen LogP contribution in [0.5, 0.6) is 0 Å². The van der Waals surface area contributed by atoms with E-state index >= 15 is 0 Å². The van der Waals surface area contributed by atoms with Gasteiger partial charge in [-0.1, -0.05) is 0 Å². The summed E-state index contributed by atoms with van der Waals surface area (Å²) in [5.41, 5.74) is 8.46. The van der Waals surface area contributed by atoms with Gasteiger partial charge in [-0.05, 0) is 37.6 Å². The number of nitrogen functional groups attached to an aromatic ring is 1. The molecule has 0 bridgehead atoms. The summed E-state index contributed by atoms with van der Waals surface area (Å²) in [6.45, 7) is 6.43. The van der Waals surface area contributed by atoms with E-state index in [1.807, 2.05) is 36.9 Å². The fraction of sp³-hybridized carbons (Fsp3) is 0.500. The maximum Gasteiger partial charge on any atom is 0.244 e. The van der Waals surface area contributed by atoms with Gasteiger partial charge in [-0.25, -0.2) is 0 Å². The molecule has 3 N–H and O–H groups in total. The second-order valence-electron chi connectivity index (χ2n) is 4.94. The standard InChI is InChI=1S/C14H21N3O2/c1-10-7-12(15)9-13(8-10)16-11(2)14(18)17-3-5-19-6-4-17/h7-9,11,16H,3-6,15H2,1-2H3. The van der Waals surface area contributed by atoms with Crippen LogP contribution in [0.15, 0.2) is 18.2 Å². The van der Waals surface area contributed by atoms with E-state index in [-0.39, 0.29) is 11.9 Å². The van der Waals surface area contributed by atoms with Crippen LogP contribution in [-0.4, -0.2) is 43.2 Å². The number of hydrogen-bond acceptors (Lipinski definition) is 4. The number of nitrogens with two attached hydrogens (primary N) is 1. The second kappa shape index (κ2) is 5.93. The van der Waals surface area contributed by atoms with Gasteiger partial charge in [0.15, 0.2) is 0 Å². The summed E-state index contributed by atoms with van der Waals surface area (Å²) in [4.78, 5) is 14.1. The number of morpholine rings is 1. The quantitative estimate of drug-likeness (QED) is 0.805. The third-order valence-corrected chi connectivity index (χ3v) is 3.18. The van der Waals surface area contributed by atoms with Crippen LogP contribution in [0.1, 0.15) is 12.5 Å². The Kier molecular flexibility index (Phi) is 4.27. The van der Waals surface area contributed by atoms with Crippen LogP contribution in [-0.2, 0) is 9.53 Å². The van der Waals surface area contributed by atoms with E-state index in [1.165, 1.54) is 0 Å². The first-order chi connectivity index (χ1) is 9.06. The minimum Gasteiger partial charge on any atom is -0.399 e. The first-order valence-corrected chi connectivity index (χ1v) is 6.56. The van der Waals surface area contributed by atoms with Crippen LogP contribution in [0.2, 0.25) is 0 Å². The van der Waals surface area contributed by atoms with Gasteiger partial charge in [0.05, 0.1) is 13.2 Å². The van der Waals surface area contributed by atoms with E-state index < -0.39 is 0 Å². The summed E-state index contributed by atoms with van der Waals surface area (Å²) in [6.07, 6.45) is 0. The van der Waals surface area contributed by atoms with Crippen LogP contribution in [0.3, 0.4) is 0 Å². The van der Waals surface area contributed by atoms with Gasteiger partial charge in [0.25, 0.3) is 0 Å². The highest BCUT2D eigenvalue weighted by Gasteiger charge is 2.22. The monoisotopic (exact) mass is 263 g/mol. The number of carbonyl (C=O) groups is 1. The van der Waals surface area contributed by atoms with Crippen molar-refractivity contribution in [3.05, 3.63) is 23.8 Å². The lowest BCUT2D eigenvalue weighted by atomic mass is 10.1. The molecule has 0 aliphatic carbocycles. The molecule has 1 aromatic rings. The van der Waals surface area contributed by atoms with E-state index in [1.54, 1.807) is 0 Å². The van der Waals surface area contributed by atoms with Crippen molar-refractivity contribution in [2.45, 2.75) is 19.9 Å². The molecule has 0 spiro atoms. The average molecular weight is 263 g/mol. The van der Waals surface area contributed by atoms with Crippen molar-refractivity contribution in [2.75, 3.05) is 37.4 Å². The van der Waals surface area contributed by atoms with E-state index in [9.17, 15) is 4.79 Å². The number of carbonyl (C=O) groups excluding carboxylic acids is 1. The molecule has 19 heavy (non-hydrogen) atoms. The third-order valence-electron chi connectivity index (χ3n) is 3.18. The SMILES string of the molecule is Cc1cc(N)cc(NC(C)C(=O)N2CCOCC2)c1. The number of ether oxygens (including phenoxy) is 1. The maximum atomic E-state index is 12.2. The summed E-state index contributed by atoms with van der Waals surface area (Å²) >= 11 is 0. The zero-order valence-corrected chi connectivity index (χ0v) is 11.5. The van der Waals surface area contributed by atoms with Crippen molar-refractivity contribution in [3.8, 4) is 0 Å². The number of anilines is 2. The molecule has 1 heterocycles. The van der Waals surface area contributed by atoms with Gasteiger partial charge in [-0.15, -0.1) is 0 Å². The van der Waals surface area contributed by atoms with Crippen LogP contribution >= 0.6 is 0 Å². The lowest BCUT2D eigenvalue weighted by Gasteiger charge is -2.29. The molecule has 0 aromatic heterocycles. The zero-order chi connectivity index (χ0) is 13.8. The number of rotatable bonds is 3. The Bertz CT molecular complexity index is 436. The van der Waals surface area contributed by atoms with Crippen molar-refractivity contribution in [3.63, 3.8) is 0 Å². The normalized spacial score (nSPS) is 17.1. The molecule has 1 unspecified atom stereocenters. The number of benzene rings is 1. The van der Waals surface area contributed by atoms with Gasteiger partial charge in [-0.3, -0.25) is 4.79 Å². The number of nitrogens with one attached hydrogen (secondary N) is 1. The zero-order valence-electron chi connectivity index (χ0n) is 11.5. The molecule has 0 radical (unpaired) electrons. The van der Waals surface area contributed by atoms with Gasteiger partial charge in [0, 0.05) is 24.5 Å². The van der Waals surface area contributed by atoms with Gasteiger partial charge in [0.1, 0.15) is 6.04 Å². The van der Waals surface area contributed by atoms with Gasteiger partial charge in [0.2, 0.25) is 5.91 Å². The van der Waals surface area contributed by atoms with Gasteiger partial charge >= 0.3 is 0 Å². The van der Waals surface area contributed by atoms with Gasteiger partial charge in [-0.2, -0.15) is 0 Å². The predicted molar refractivity (Wildman–Crippen MR) is 76.1 cm³/mol. The molecule has 1 aliphatic rings. The Morgan fingerprint density at radius 2 is 2.05 bits per heavy atom. The highest BCUT2D eigenvalue weighted by Crippen LogP contribution is 2.17. The molecule has 104 valence electrons. The van der Waals surface area contributed by atoms with Crippen molar-refractivity contribution in [2.24, 2.45) is 0 Å². The molecular weight excluding hydrogens is 242 g/mol. The molecule has 1 fully saturated rings. The smallest absolute Gasteiger partial charge is 0.244 e. The largest absolute Gasteiger partial charge is 0.399 e. The first-order valence-electron chi connectivity index (χ1n) is 6.56. The van der Waals surface area contributed by atoms with E-state index in [0.29, 0.717) is 32.0 Å². The molecule has 0 saturated carbocycles. The number of aryl methyl sites for hydroxylation is 1. The summed E-state index contributed by atoms with van der Waals surface area (Å²) < 4.78 is 5.25. The summed E-state index contributed by atoms with van der Waals surface area (Å²) in [5, 5.41) is 3.21. The van der Waals surface area contributed by atoms with Crippen molar-refractivity contribution in [1.82, 2.24) is 4.90 Å². The van der Waals surface area contributed by atoms with Crippen molar-refractivity contribution >= 4 is 17.3 Å². The Labute approximate surface area is 113 Å². The topological polar surface area (TPSA) is 67.6 Å². The molecular formula is C14H21N3O2. The second-order valence-corrected chi connectivity index (χ2v) is 4.94. The van der Waals surface area contributed by atoms with Crippen molar-refractivity contribution < 1.29 is 9.53 Å². The Morgan fingerprint density at radius 3 is 2.68 bits per heavy atom. The van der Waals surface area contributed by atoms with Crippen LogP contribution in [0, 0.1) is 6.92 Å². The third kappa shape index (κ3) is 3.61. The average Bonchev–Trinajstić information content (AvgIpc) is 2.37.